The molecule has 1 saturated heterocycles. The average Bonchev–Trinajstić information content (AvgIpc) is 2.95. The summed E-state index contributed by atoms with van der Waals surface area (Å²) < 4.78 is 0. The number of hydrogen-bond donors (Lipinski definition) is 1. The largest absolute Gasteiger partial charge is 0.477 e. The molecule has 2 heterocycles. The first-order chi connectivity index (χ1) is 9.11. The molecule has 1 N–H and O–H groups in total. The summed E-state index contributed by atoms with van der Waals surface area (Å²) in [4.78, 5) is 36.8. The molecule has 0 spiro atoms. The van der Waals surface area contributed by atoms with E-state index in [1.807, 2.05) is 12.2 Å². The predicted octanol–water partition coefficient (Wildman–Crippen LogP) is 1.90. The third-order valence-electron chi connectivity index (χ3n) is 3.59. The van der Waals surface area contributed by atoms with E-state index in [1.165, 1.54) is 6.07 Å². The highest BCUT2D eigenvalue weighted by atomic mass is 32.1. The number of carbonyl (C=O) groups excluding carboxylic acids is 2. The van der Waals surface area contributed by atoms with E-state index in [2.05, 4.69) is 0 Å². The summed E-state index contributed by atoms with van der Waals surface area (Å²) in [6.07, 6.45) is 4.92. The zero-order valence-corrected chi connectivity index (χ0v) is 10.7. The van der Waals surface area contributed by atoms with Crippen LogP contribution < -0.4 is 4.90 Å². The average molecular weight is 277 g/mol. The number of hydrogen-bond acceptors (Lipinski definition) is 4. The molecule has 3 rings (SSSR count). The Morgan fingerprint density at radius 1 is 1.21 bits per heavy atom. The number of anilines is 1. The molecule has 1 aromatic rings. The van der Waals surface area contributed by atoms with Gasteiger partial charge in [-0.05, 0) is 24.3 Å². The van der Waals surface area contributed by atoms with E-state index in [-0.39, 0.29) is 34.2 Å². The maximum Gasteiger partial charge on any atom is 0.348 e. The Kier molecular flexibility index (Phi) is 2.74. The first kappa shape index (κ1) is 12.1. The van der Waals surface area contributed by atoms with Crippen LogP contribution in [0, 0.1) is 11.8 Å². The van der Waals surface area contributed by atoms with Crippen molar-refractivity contribution in [2.75, 3.05) is 4.90 Å². The zero-order chi connectivity index (χ0) is 13.6. The van der Waals surface area contributed by atoms with Crippen LogP contribution in [0.4, 0.5) is 5.69 Å². The minimum atomic E-state index is -1.11. The smallest absolute Gasteiger partial charge is 0.348 e. The first-order valence-electron chi connectivity index (χ1n) is 5.95. The number of nitrogens with zero attached hydrogens (tertiary/aromatic N) is 1. The molecule has 2 aliphatic rings. The van der Waals surface area contributed by atoms with Crippen LogP contribution in [0.15, 0.2) is 23.6 Å². The molecule has 0 bridgehead atoms. The SMILES string of the molecule is O=C(O)c1sccc1N1C(=O)[C@H]2CC=CC[C@H]2C1=O. The molecule has 1 fully saturated rings. The third kappa shape index (κ3) is 1.71. The van der Waals surface area contributed by atoms with E-state index >= 15 is 0 Å². The van der Waals surface area contributed by atoms with E-state index < -0.39 is 5.97 Å². The van der Waals surface area contributed by atoms with Crippen LogP contribution in [0.1, 0.15) is 22.5 Å². The van der Waals surface area contributed by atoms with Crippen molar-refractivity contribution < 1.29 is 19.5 Å². The van der Waals surface area contributed by atoms with Gasteiger partial charge in [0.15, 0.2) is 0 Å². The molecule has 1 aliphatic heterocycles. The lowest BCUT2D eigenvalue weighted by Crippen LogP contribution is -2.31. The highest BCUT2D eigenvalue weighted by molar-refractivity contribution is 7.12. The van der Waals surface area contributed by atoms with E-state index in [0.29, 0.717) is 12.8 Å². The lowest BCUT2D eigenvalue weighted by molar-refractivity contribution is -0.122. The van der Waals surface area contributed by atoms with Crippen LogP contribution in [0.25, 0.3) is 0 Å². The molecule has 6 heteroatoms. The van der Waals surface area contributed by atoms with Gasteiger partial charge in [0.1, 0.15) is 4.88 Å². The van der Waals surface area contributed by atoms with E-state index in [0.717, 1.165) is 16.2 Å². The monoisotopic (exact) mass is 277 g/mol. The number of carbonyl (C=O) groups is 3. The first-order valence-corrected chi connectivity index (χ1v) is 6.83. The van der Waals surface area contributed by atoms with Gasteiger partial charge in [-0.15, -0.1) is 11.3 Å². The summed E-state index contributed by atoms with van der Waals surface area (Å²) in [5.41, 5.74) is 0.210. The maximum atomic E-state index is 12.3. The summed E-state index contributed by atoms with van der Waals surface area (Å²) >= 11 is 1.02. The second-order valence-corrected chi connectivity index (χ2v) is 5.52. The van der Waals surface area contributed by atoms with Crippen molar-refractivity contribution in [3.05, 3.63) is 28.5 Å². The highest BCUT2D eigenvalue weighted by Crippen LogP contribution is 2.39. The number of rotatable bonds is 2. The van der Waals surface area contributed by atoms with Crippen molar-refractivity contribution >= 4 is 34.8 Å². The van der Waals surface area contributed by atoms with Gasteiger partial charge in [-0.3, -0.25) is 9.59 Å². The number of aromatic carboxylic acids is 1. The van der Waals surface area contributed by atoms with Crippen LogP contribution in [0.3, 0.4) is 0 Å². The second kappa shape index (κ2) is 4.31. The van der Waals surface area contributed by atoms with E-state index in [9.17, 15) is 14.4 Å². The molecule has 0 unspecified atom stereocenters. The minimum absolute atomic E-state index is 0.0355. The van der Waals surface area contributed by atoms with Crippen molar-refractivity contribution in [2.45, 2.75) is 12.8 Å². The van der Waals surface area contributed by atoms with Crippen molar-refractivity contribution in [1.29, 1.82) is 0 Å². The number of carboxylic acids is 1. The molecule has 19 heavy (non-hydrogen) atoms. The molecule has 1 aliphatic carbocycles. The van der Waals surface area contributed by atoms with Crippen molar-refractivity contribution in [1.82, 2.24) is 0 Å². The molecular formula is C13H11NO4S. The third-order valence-corrected chi connectivity index (χ3v) is 4.48. The Labute approximate surface area is 113 Å². The molecule has 2 atom stereocenters. The number of imide groups is 1. The van der Waals surface area contributed by atoms with Crippen LogP contribution in [-0.4, -0.2) is 22.9 Å². The van der Waals surface area contributed by atoms with Gasteiger partial charge in [0.25, 0.3) is 0 Å². The summed E-state index contributed by atoms with van der Waals surface area (Å²) in [5.74, 6) is -2.34. The fourth-order valence-corrected chi connectivity index (χ4v) is 3.39. The van der Waals surface area contributed by atoms with E-state index in [1.54, 1.807) is 5.38 Å². The quantitative estimate of drug-likeness (QED) is 0.662. The van der Waals surface area contributed by atoms with Crippen molar-refractivity contribution in [3.8, 4) is 0 Å². The van der Waals surface area contributed by atoms with Gasteiger partial charge >= 0.3 is 5.97 Å². The van der Waals surface area contributed by atoms with Gasteiger partial charge in [-0.25, -0.2) is 9.69 Å². The highest BCUT2D eigenvalue weighted by Gasteiger charge is 2.48. The summed E-state index contributed by atoms with van der Waals surface area (Å²) in [6.45, 7) is 0. The minimum Gasteiger partial charge on any atom is -0.477 e. The lowest BCUT2D eigenvalue weighted by Gasteiger charge is -2.14. The number of allylic oxidation sites excluding steroid dienone is 2. The van der Waals surface area contributed by atoms with Gasteiger partial charge in [0.05, 0.1) is 17.5 Å². The van der Waals surface area contributed by atoms with Gasteiger partial charge in [0, 0.05) is 0 Å². The standard InChI is InChI=1S/C13H11NO4S/c15-11-7-3-1-2-4-8(7)12(16)14(11)9-5-6-19-10(9)13(17)18/h1-2,5-8H,3-4H2,(H,17,18)/t7-,8+. The van der Waals surface area contributed by atoms with Crippen LogP contribution in [-0.2, 0) is 9.59 Å². The molecular weight excluding hydrogens is 266 g/mol. The number of carboxylic acid groups (broad SMARTS) is 1. The summed E-state index contributed by atoms with van der Waals surface area (Å²) in [7, 11) is 0. The Balaban J connectivity index is 2.02. The second-order valence-electron chi connectivity index (χ2n) is 4.61. The van der Waals surface area contributed by atoms with Gasteiger partial charge < -0.3 is 5.11 Å². The normalized spacial score (nSPS) is 25.8. The molecule has 0 saturated carbocycles. The molecule has 5 nitrogen and oxygen atoms in total. The Morgan fingerprint density at radius 3 is 2.32 bits per heavy atom. The molecule has 0 radical (unpaired) electrons. The Bertz CT molecular complexity index is 578. The number of fused-ring (bicyclic) bond motifs is 1. The lowest BCUT2D eigenvalue weighted by atomic mass is 9.85. The maximum absolute atomic E-state index is 12.3. The van der Waals surface area contributed by atoms with Gasteiger partial charge in [-0.2, -0.15) is 0 Å². The number of amides is 2. The van der Waals surface area contributed by atoms with Gasteiger partial charge in [-0.1, -0.05) is 12.2 Å². The zero-order valence-electron chi connectivity index (χ0n) is 9.91. The predicted molar refractivity (Wildman–Crippen MR) is 69.1 cm³/mol. The van der Waals surface area contributed by atoms with Crippen LogP contribution >= 0.6 is 11.3 Å². The number of thiophene rings is 1. The molecule has 0 aromatic carbocycles. The molecule has 2 amide bonds. The fraction of sp³-hybridized carbons (Fsp3) is 0.308. The molecule has 1 aromatic heterocycles. The fourth-order valence-electron chi connectivity index (χ4n) is 2.68. The van der Waals surface area contributed by atoms with E-state index in [4.69, 9.17) is 5.11 Å². The van der Waals surface area contributed by atoms with Gasteiger partial charge in [0.2, 0.25) is 11.8 Å². The van der Waals surface area contributed by atoms with Crippen molar-refractivity contribution in [3.63, 3.8) is 0 Å². The Hall–Kier alpha value is -1.95. The summed E-state index contributed by atoms with van der Waals surface area (Å²) in [5, 5.41) is 10.7. The Morgan fingerprint density at radius 2 is 1.79 bits per heavy atom. The topological polar surface area (TPSA) is 74.7 Å². The van der Waals surface area contributed by atoms with Crippen LogP contribution in [0.2, 0.25) is 0 Å². The van der Waals surface area contributed by atoms with Crippen molar-refractivity contribution in [2.24, 2.45) is 11.8 Å². The summed E-state index contributed by atoms with van der Waals surface area (Å²) in [6, 6.07) is 1.52. The molecule has 98 valence electrons. The van der Waals surface area contributed by atoms with Crippen LogP contribution in [0.5, 0.6) is 0 Å².